The Morgan fingerprint density at radius 2 is 2.27 bits per heavy atom. The fourth-order valence-electron chi connectivity index (χ4n) is 1.06. The summed E-state index contributed by atoms with van der Waals surface area (Å²) >= 11 is 0. The van der Waals surface area contributed by atoms with E-state index in [1.54, 1.807) is 6.92 Å². The number of carbonyl (C=O) groups is 1. The molecule has 0 amide bonds. The van der Waals surface area contributed by atoms with Gasteiger partial charge in [-0.3, -0.25) is 10.1 Å². The Labute approximate surface area is 129 Å². The van der Waals surface area contributed by atoms with Crippen LogP contribution in [0, 0.1) is 17.0 Å². The van der Waals surface area contributed by atoms with Crippen molar-refractivity contribution in [3.8, 4) is 0 Å². The zero-order valence-corrected chi connectivity index (χ0v) is 7.86. The van der Waals surface area contributed by atoms with Gasteiger partial charge in [0.25, 0.3) is 5.69 Å². The molecule has 1 N–H and O–H groups in total. The first-order valence-corrected chi connectivity index (χ1v) is 4.07. The molecule has 7 heteroatoms. The molecule has 0 aliphatic rings. The van der Waals surface area contributed by atoms with Crippen molar-refractivity contribution >= 4 is 63.0 Å². The summed E-state index contributed by atoms with van der Waals surface area (Å²) in [6, 6.07) is 1.17. The summed E-state index contributed by atoms with van der Waals surface area (Å²) < 4.78 is 4.68. The molecule has 78 valence electrons. The molecule has 0 spiro atoms. The molecule has 1 aromatic rings. The van der Waals surface area contributed by atoms with Gasteiger partial charge in [-0.2, -0.15) is 0 Å². The average Bonchev–Trinajstić information content (AvgIpc) is 2.48. The molecule has 0 bridgehead atoms. The second-order valence-electron chi connectivity index (χ2n) is 2.67. The summed E-state index contributed by atoms with van der Waals surface area (Å²) in [7, 11) is 0. The Morgan fingerprint density at radius 3 is 2.67 bits per heavy atom. The van der Waals surface area contributed by atoms with E-state index in [9.17, 15) is 14.9 Å². The van der Waals surface area contributed by atoms with Gasteiger partial charge in [0.1, 0.15) is 5.69 Å². The van der Waals surface area contributed by atoms with E-state index in [1.807, 2.05) is 0 Å². The van der Waals surface area contributed by atoms with Crippen LogP contribution in [0.3, 0.4) is 0 Å². The maximum atomic E-state index is 11.2. The number of hydrogen-bond donors (Lipinski definition) is 1. The van der Waals surface area contributed by atoms with Crippen LogP contribution in [0.25, 0.3) is 0 Å². The molecule has 0 aromatic carbocycles. The van der Waals surface area contributed by atoms with E-state index in [4.69, 9.17) is 0 Å². The van der Waals surface area contributed by atoms with Crippen LogP contribution in [0.5, 0.6) is 0 Å². The molecule has 15 heavy (non-hydrogen) atoms. The Kier molecular flexibility index (Phi) is 6.30. The summed E-state index contributed by atoms with van der Waals surface area (Å²) in [4.78, 5) is 23.7. The molecule has 1 rings (SSSR count). The van der Waals surface area contributed by atoms with E-state index >= 15 is 0 Å². The molecule has 1 aromatic heterocycles. The van der Waals surface area contributed by atoms with E-state index in [2.05, 4.69) is 9.72 Å². The van der Waals surface area contributed by atoms with E-state index in [-0.39, 0.29) is 69.4 Å². The number of nitrogens with zero attached hydrogens (tertiary/aromatic N) is 1. The van der Waals surface area contributed by atoms with Crippen molar-refractivity contribution in [1.82, 2.24) is 4.98 Å². The van der Waals surface area contributed by atoms with Crippen LogP contribution in [-0.2, 0) is 4.74 Å². The standard InChI is InChI=1S/C8H10N2O4.K.H/c1-3-14-8(11)6-4-7(10(12)13)5(2)9-6;;/h4,9H,3H2,1-2H3;;. The van der Waals surface area contributed by atoms with Crippen LogP contribution < -0.4 is 0 Å². The number of hydrogen-bond acceptors (Lipinski definition) is 4. The van der Waals surface area contributed by atoms with Crippen molar-refractivity contribution in [3.05, 3.63) is 27.6 Å². The first-order valence-electron chi connectivity index (χ1n) is 4.07. The number of aromatic nitrogens is 1. The summed E-state index contributed by atoms with van der Waals surface area (Å²) in [5, 5.41) is 10.4. The Morgan fingerprint density at radius 1 is 1.67 bits per heavy atom. The topological polar surface area (TPSA) is 85.2 Å². The second kappa shape index (κ2) is 6.39. The number of rotatable bonds is 3. The first kappa shape index (κ1) is 14.8. The van der Waals surface area contributed by atoms with Gasteiger partial charge in [0.2, 0.25) is 0 Å². The SMILES string of the molecule is CCOC(=O)c1cc([N+](=O)[O-])c(C)[nH]1.[KH]. The van der Waals surface area contributed by atoms with Gasteiger partial charge in [0, 0.05) is 6.07 Å². The molecular weight excluding hydrogens is 227 g/mol. The number of ether oxygens (including phenoxy) is 1. The van der Waals surface area contributed by atoms with Crippen molar-refractivity contribution in [2.75, 3.05) is 6.61 Å². The maximum absolute atomic E-state index is 11.2. The molecular formula is C8H11KN2O4. The number of esters is 1. The van der Waals surface area contributed by atoms with Crippen LogP contribution in [0.15, 0.2) is 6.07 Å². The molecule has 0 fully saturated rings. The summed E-state index contributed by atoms with van der Waals surface area (Å²) in [6.07, 6.45) is 0. The van der Waals surface area contributed by atoms with Crippen molar-refractivity contribution in [2.24, 2.45) is 0 Å². The third-order valence-corrected chi connectivity index (χ3v) is 1.68. The molecule has 0 saturated heterocycles. The van der Waals surface area contributed by atoms with Crippen molar-refractivity contribution < 1.29 is 14.5 Å². The third kappa shape index (κ3) is 3.69. The van der Waals surface area contributed by atoms with E-state index in [1.165, 1.54) is 13.0 Å². The van der Waals surface area contributed by atoms with E-state index in [0.29, 0.717) is 5.69 Å². The number of aromatic amines is 1. The zero-order valence-electron chi connectivity index (χ0n) is 7.86. The fraction of sp³-hybridized carbons (Fsp3) is 0.375. The zero-order chi connectivity index (χ0) is 10.7. The number of aryl methyl sites for hydroxylation is 1. The molecule has 0 atom stereocenters. The van der Waals surface area contributed by atoms with Crippen molar-refractivity contribution in [1.29, 1.82) is 0 Å². The predicted octanol–water partition coefficient (Wildman–Crippen LogP) is 0.760. The Bertz CT molecular complexity index is 375. The van der Waals surface area contributed by atoms with Gasteiger partial charge in [-0.15, -0.1) is 0 Å². The molecule has 0 saturated carbocycles. The monoisotopic (exact) mass is 238 g/mol. The second-order valence-corrected chi connectivity index (χ2v) is 2.67. The van der Waals surface area contributed by atoms with Gasteiger partial charge in [0.05, 0.1) is 17.2 Å². The molecule has 6 nitrogen and oxygen atoms in total. The minimum absolute atomic E-state index is 0. The number of nitro groups is 1. The van der Waals surface area contributed by atoms with Crippen LogP contribution in [0.2, 0.25) is 0 Å². The first-order chi connectivity index (χ1) is 6.56. The van der Waals surface area contributed by atoms with Gasteiger partial charge in [-0.1, -0.05) is 0 Å². The molecule has 0 aliphatic carbocycles. The summed E-state index contributed by atoms with van der Waals surface area (Å²) in [5.41, 5.74) is 0.349. The normalized spacial score (nSPS) is 9.20. The van der Waals surface area contributed by atoms with Crippen molar-refractivity contribution in [3.63, 3.8) is 0 Å². The van der Waals surface area contributed by atoms with Crippen molar-refractivity contribution in [2.45, 2.75) is 13.8 Å². The Hall–Kier alpha value is -0.214. The van der Waals surface area contributed by atoms with Crippen LogP contribution in [-0.4, -0.2) is 73.9 Å². The summed E-state index contributed by atoms with van der Waals surface area (Å²) in [5.74, 6) is -0.580. The molecule has 1 heterocycles. The van der Waals surface area contributed by atoms with Gasteiger partial charge in [-0.05, 0) is 13.8 Å². The number of H-pyrrole nitrogens is 1. The Balaban J connectivity index is 0.00000196. The van der Waals surface area contributed by atoms with Crippen LogP contribution in [0.4, 0.5) is 5.69 Å². The van der Waals surface area contributed by atoms with Gasteiger partial charge < -0.3 is 9.72 Å². The molecule has 0 radical (unpaired) electrons. The summed E-state index contributed by atoms with van der Waals surface area (Å²) in [6.45, 7) is 3.44. The van der Waals surface area contributed by atoms with Gasteiger partial charge in [-0.25, -0.2) is 4.79 Å². The minimum atomic E-state index is -0.580. The van der Waals surface area contributed by atoms with E-state index < -0.39 is 10.9 Å². The van der Waals surface area contributed by atoms with Gasteiger partial charge >= 0.3 is 57.4 Å². The fourth-order valence-corrected chi connectivity index (χ4v) is 1.06. The van der Waals surface area contributed by atoms with E-state index in [0.717, 1.165) is 0 Å². The van der Waals surface area contributed by atoms with Crippen LogP contribution >= 0.6 is 0 Å². The number of nitrogens with one attached hydrogen (secondary N) is 1. The van der Waals surface area contributed by atoms with Gasteiger partial charge in [0.15, 0.2) is 0 Å². The quantitative estimate of drug-likeness (QED) is 0.364. The van der Waals surface area contributed by atoms with Crippen LogP contribution in [0.1, 0.15) is 23.1 Å². The molecule has 0 unspecified atom stereocenters. The average molecular weight is 238 g/mol. The molecule has 0 aliphatic heterocycles. The third-order valence-electron chi connectivity index (χ3n) is 1.68. The predicted molar refractivity (Wildman–Crippen MR) is 55.3 cm³/mol. The number of carbonyl (C=O) groups excluding carboxylic acids is 1.